The number of anilines is 1. The number of rotatable bonds is 6. The van der Waals surface area contributed by atoms with E-state index in [1.165, 1.54) is 9.87 Å². The molecule has 2 aromatic rings. The number of amides is 1. The highest BCUT2D eigenvalue weighted by atomic mass is 32.2. The predicted molar refractivity (Wildman–Crippen MR) is 112 cm³/mol. The first-order valence-electron chi connectivity index (χ1n) is 9.38. The minimum atomic E-state index is -3.54. The van der Waals surface area contributed by atoms with Crippen molar-refractivity contribution in [2.75, 3.05) is 30.3 Å². The fourth-order valence-corrected chi connectivity index (χ4v) is 3.98. The van der Waals surface area contributed by atoms with Crippen LogP contribution < -0.4 is 19.1 Å². The van der Waals surface area contributed by atoms with E-state index in [0.29, 0.717) is 18.0 Å². The molecule has 0 unspecified atom stereocenters. The number of sulfonamides is 1. The lowest BCUT2D eigenvalue weighted by atomic mass is 10.1. The number of hydrogen-bond acceptors (Lipinski definition) is 5. The van der Waals surface area contributed by atoms with Crippen molar-refractivity contribution in [2.45, 2.75) is 26.9 Å². The normalized spacial score (nSPS) is 16.0. The van der Waals surface area contributed by atoms with Crippen LogP contribution in [0.25, 0.3) is 0 Å². The summed E-state index contributed by atoms with van der Waals surface area (Å²) in [7, 11) is -3.54. The van der Waals surface area contributed by atoms with Crippen LogP contribution in [0.3, 0.4) is 0 Å². The highest BCUT2D eigenvalue weighted by Crippen LogP contribution is 2.35. The van der Waals surface area contributed by atoms with E-state index in [0.717, 1.165) is 23.1 Å². The van der Waals surface area contributed by atoms with Gasteiger partial charge in [-0.15, -0.1) is 0 Å². The smallest absolute Gasteiger partial charge is 0.263 e. The summed E-state index contributed by atoms with van der Waals surface area (Å²) in [5, 5.41) is 2.75. The van der Waals surface area contributed by atoms with Gasteiger partial charge in [-0.25, -0.2) is 8.42 Å². The van der Waals surface area contributed by atoms with Crippen molar-refractivity contribution in [1.82, 2.24) is 5.32 Å². The minimum Gasteiger partial charge on any atom is -0.492 e. The van der Waals surface area contributed by atoms with Crippen molar-refractivity contribution in [3.05, 3.63) is 53.1 Å². The second-order valence-electron chi connectivity index (χ2n) is 7.26. The molecule has 0 bridgehead atoms. The molecule has 0 aromatic heterocycles. The number of ether oxygens (including phenoxy) is 2. The van der Waals surface area contributed by atoms with Gasteiger partial charge >= 0.3 is 0 Å². The quantitative estimate of drug-likeness (QED) is 0.728. The van der Waals surface area contributed by atoms with E-state index in [2.05, 4.69) is 5.32 Å². The molecule has 156 valence electrons. The van der Waals surface area contributed by atoms with Crippen LogP contribution in [0.15, 0.2) is 36.4 Å². The van der Waals surface area contributed by atoms with Gasteiger partial charge in [0.1, 0.15) is 18.1 Å². The van der Waals surface area contributed by atoms with E-state index in [1.807, 2.05) is 45.0 Å². The predicted octanol–water partition coefficient (Wildman–Crippen LogP) is 2.33. The molecule has 1 amide bonds. The number of nitrogens with zero attached hydrogens (tertiary/aromatic N) is 1. The highest BCUT2D eigenvalue weighted by Gasteiger charge is 2.34. The Morgan fingerprint density at radius 2 is 1.93 bits per heavy atom. The average molecular weight is 419 g/mol. The lowest BCUT2D eigenvalue weighted by Crippen LogP contribution is -2.51. The van der Waals surface area contributed by atoms with Crippen LogP contribution >= 0.6 is 0 Å². The Morgan fingerprint density at radius 3 is 2.62 bits per heavy atom. The summed E-state index contributed by atoms with van der Waals surface area (Å²) in [6.07, 6.45) is 0.193. The van der Waals surface area contributed by atoms with Crippen LogP contribution in [0.4, 0.5) is 5.69 Å². The lowest BCUT2D eigenvalue weighted by Gasteiger charge is -2.34. The average Bonchev–Trinajstić information content (AvgIpc) is 2.66. The van der Waals surface area contributed by atoms with E-state index >= 15 is 0 Å². The molecule has 1 heterocycles. The molecule has 0 radical (unpaired) electrons. The molecule has 0 fully saturated rings. The Kier molecular flexibility index (Phi) is 6.02. The monoisotopic (exact) mass is 418 g/mol. The summed E-state index contributed by atoms with van der Waals surface area (Å²) in [5.74, 6) is 0.733. The largest absolute Gasteiger partial charge is 0.492 e. The third-order valence-electron chi connectivity index (χ3n) is 4.83. The number of benzene rings is 2. The third-order valence-corrected chi connectivity index (χ3v) is 5.97. The van der Waals surface area contributed by atoms with Gasteiger partial charge in [-0.2, -0.15) is 0 Å². The number of hydrogen-bond donors (Lipinski definition) is 1. The zero-order valence-corrected chi connectivity index (χ0v) is 17.9. The van der Waals surface area contributed by atoms with Crippen LogP contribution in [0.1, 0.15) is 16.7 Å². The van der Waals surface area contributed by atoms with Crippen molar-refractivity contribution in [2.24, 2.45) is 0 Å². The molecule has 7 nitrogen and oxygen atoms in total. The molecule has 29 heavy (non-hydrogen) atoms. The first-order chi connectivity index (χ1) is 13.6. The molecule has 1 atom stereocenters. The number of carbonyl (C=O) groups is 1. The molecule has 0 saturated heterocycles. The molecule has 2 aromatic carbocycles. The second kappa shape index (κ2) is 8.32. The van der Waals surface area contributed by atoms with Crippen molar-refractivity contribution in [3.63, 3.8) is 0 Å². The molecule has 1 aliphatic heterocycles. The van der Waals surface area contributed by atoms with E-state index in [-0.39, 0.29) is 19.0 Å². The van der Waals surface area contributed by atoms with E-state index in [9.17, 15) is 13.2 Å². The van der Waals surface area contributed by atoms with Gasteiger partial charge in [-0.3, -0.25) is 9.10 Å². The zero-order valence-electron chi connectivity index (χ0n) is 17.1. The van der Waals surface area contributed by atoms with E-state index in [4.69, 9.17) is 9.47 Å². The Hall–Kier alpha value is -2.74. The molecule has 8 heteroatoms. The minimum absolute atomic E-state index is 0.0703. The van der Waals surface area contributed by atoms with Crippen LogP contribution in [0.5, 0.6) is 11.5 Å². The maximum absolute atomic E-state index is 12.5. The van der Waals surface area contributed by atoms with Gasteiger partial charge < -0.3 is 14.8 Å². The Bertz CT molecular complexity index is 1020. The standard InChI is InChI=1S/C21H26N2O5S/c1-14-5-8-19-18(11-14)23(29(4,25)26)13-20(28-19)21(24)22-9-10-27-17-7-6-15(2)16(3)12-17/h5-8,11-12,20H,9-10,13H2,1-4H3,(H,22,24)/t20-/m1/s1. The zero-order chi connectivity index (χ0) is 21.2. The van der Waals surface area contributed by atoms with Crippen LogP contribution in [0, 0.1) is 20.8 Å². The summed E-state index contributed by atoms with van der Waals surface area (Å²) in [6, 6.07) is 11.1. The Labute approximate surface area is 171 Å². The third kappa shape index (κ3) is 5.00. The SMILES string of the molecule is Cc1ccc2c(c1)N(S(C)(=O)=O)C[C@H](C(=O)NCCOc1ccc(C)c(C)c1)O2. The highest BCUT2D eigenvalue weighted by molar-refractivity contribution is 7.92. The molecular weight excluding hydrogens is 392 g/mol. The molecule has 0 aliphatic carbocycles. The molecule has 1 aliphatic rings. The maximum atomic E-state index is 12.5. The van der Waals surface area contributed by atoms with Gasteiger partial charge in [0.25, 0.3) is 5.91 Å². The molecule has 1 N–H and O–H groups in total. The van der Waals surface area contributed by atoms with Crippen LogP contribution in [-0.4, -0.2) is 46.4 Å². The maximum Gasteiger partial charge on any atom is 0.263 e. The van der Waals surface area contributed by atoms with Gasteiger partial charge in [0, 0.05) is 0 Å². The van der Waals surface area contributed by atoms with Crippen LogP contribution in [-0.2, 0) is 14.8 Å². The van der Waals surface area contributed by atoms with E-state index in [1.54, 1.807) is 12.1 Å². The van der Waals surface area contributed by atoms with Gasteiger partial charge in [0.2, 0.25) is 10.0 Å². The Balaban J connectivity index is 1.60. The second-order valence-corrected chi connectivity index (χ2v) is 9.16. The summed E-state index contributed by atoms with van der Waals surface area (Å²) in [5.41, 5.74) is 3.69. The fraction of sp³-hybridized carbons (Fsp3) is 0.381. The van der Waals surface area contributed by atoms with Gasteiger partial charge in [0.15, 0.2) is 6.10 Å². The number of fused-ring (bicyclic) bond motifs is 1. The lowest BCUT2D eigenvalue weighted by molar-refractivity contribution is -0.127. The molecule has 0 saturated carbocycles. The van der Waals surface area contributed by atoms with Gasteiger partial charge in [0.05, 0.1) is 25.0 Å². The summed E-state index contributed by atoms with van der Waals surface area (Å²) in [4.78, 5) is 12.5. The van der Waals surface area contributed by atoms with Crippen molar-refractivity contribution in [3.8, 4) is 11.5 Å². The summed E-state index contributed by atoms with van der Waals surface area (Å²) < 4.78 is 37.1. The Morgan fingerprint density at radius 1 is 1.17 bits per heavy atom. The summed E-state index contributed by atoms with van der Waals surface area (Å²) in [6.45, 7) is 6.42. The summed E-state index contributed by atoms with van der Waals surface area (Å²) >= 11 is 0. The topological polar surface area (TPSA) is 84.9 Å². The molecule has 0 spiro atoms. The molecule has 3 rings (SSSR count). The number of carbonyl (C=O) groups excluding carboxylic acids is 1. The van der Waals surface area contributed by atoms with Crippen molar-refractivity contribution >= 4 is 21.6 Å². The van der Waals surface area contributed by atoms with Crippen molar-refractivity contribution < 1.29 is 22.7 Å². The van der Waals surface area contributed by atoms with Gasteiger partial charge in [-0.1, -0.05) is 12.1 Å². The fourth-order valence-electron chi connectivity index (χ4n) is 3.07. The first kappa shape index (κ1) is 21.0. The van der Waals surface area contributed by atoms with E-state index < -0.39 is 16.1 Å². The number of aryl methyl sites for hydroxylation is 3. The van der Waals surface area contributed by atoms with Crippen LogP contribution in [0.2, 0.25) is 0 Å². The van der Waals surface area contributed by atoms with Gasteiger partial charge in [-0.05, 0) is 61.7 Å². The molecular formula is C21H26N2O5S. The van der Waals surface area contributed by atoms with Crippen molar-refractivity contribution in [1.29, 1.82) is 0 Å². The first-order valence-corrected chi connectivity index (χ1v) is 11.2. The number of nitrogens with one attached hydrogen (secondary N) is 1.